The number of methoxy groups -OCH3 is 2. The Morgan fingerprint density at radius 3 is 2.23 bits per heavy atom. The minimum atomic E-state index is 0.776. The molecule has 0 aliphatic rings. The third-order valence-corrected chi connectivity index (χ3v) is 3.61. The number of nitrogens with zero attached hydrogens (tertiary/aromatic N) is 3. The smallest absolute Gasteiger partial charge is 0.130 e. The Balaban J connectivity index is 1.98. The molecule has 2 aromatic carbocycles. The molecule has 5 nitrogen and oxygen atoms in total. The Kier molecular flexibility index (Phi) is 3.78. The molecule has 1 heterocycles. The van der Waals surface area contributed by atoms with E-state index in [9.17, 15) is 0 Å². The van der Waals surface area contributed by atoms with Crippen molar-refractivity contribution >= 4 is 0 Å². The molecule has 22 heavy (non-hydrogen) atoms. The molecule has 0 unspecified atom stereocenters. The topological polar surface area (TPSA) is 49.2 Å². The molecule has 0 saturated heterocycles. The first-order valence-corrected chi connectivity index (χ1v) is 6.90. The molecule has 5 heteroatoms. The van der Waals surface area contributed by atoms with Gasteiger partial charge in [0.25, 0.3) is 0 Å². The van der Waals surface area contributed by atoms with E-state index in [1.165, 1.54) is 0 Å². The minimum absolute atomic E-state index is 0.776. The first-order chi connectivity index (χ1) is 10.7. The SMILES string of the molecule is COc1ccc(-c2ccc(-c3cnnn3C)cc2)c(OC)c1. The normalized spacial score (nSPS) is 10.5. The van der Waals surface area contributed by atoms with Gasteiger partial charge in [0.15, 0.2) is 0 Å². The Morgan fingerprint density at radius 1 is 0.909 bits per heavy atom. The van der Waals surface area contributed by atoms with Crippen LogP contribution in [0.25, 0.3) is 22.4 Å². The standard InChI is InChI=1S/C17H17N3O2/c1-20-16(11-18-19-20)13-6-4-12(5-7-13)15-9-8-14(21-2)10-17(15)22-3/h4-11H,1-3H3. The molecule has 0 N–H and O–H groups in total. The molecule has 3 aromatic rings. The van der Waals surface area contributed by atoms with Crippen LogP contribution < -0.4 is 9.47 Å². The van der Waals surface area contributed by atoms with Crippen molar-refractivity contribution in [3.8, 4) is 33.9 Å². The van der Waals surface area contributed by atoms with E-state index < -0.39 is 0 Å². The van der Waals surface area contributed by atoms with Crippen LogP contribution >= 0.6 is 0 Å². The zero-order valence-corrected chi connectivity index (χ0v) is 12.8. The van der Waals surface area contributed by atoms with E-state index in [2.05, 4.69) is 34.6 Å². The number of hydrogen-bond acceptors (Lipinski definition) is 4. The average Bonchev–Trinajstić information content (AvgIpc) is 3.00. The third kappa shape index (κ3) is 2.53. The molecule has 0 fully saturated rings. The number of ether oxygens (including phenoxy) is 2. The lowest BCUT2D eigenvalue weighted by Crippen LogP contribution is -1.94. The predicted molar refractivity (Wildman–Crippen MR) is 85.0 cm³/mol. The van der Waals surface area contributed by atoms with Gasteiger partial charge in [-0.25, -0.2) is 4.68 Å². The van der Waals surface area contributed by atoms with Crippen LogP contribution in [0.15, 0.2) is 48.7 Å². The lowest BCUT2D eigenvalue weighted by molar-refractivity contribution is 0.395. The fourth-order valence-electron chi connectivity index (χ4n) is 2.41. The number of aromatic nitrogens is 3. The van der Waals surface area contributed by atoms with Gasteiger partial charge < -0.3 is 9.47 Å². The van der Waals surface area contributed by atoms with Crippen LogP contribution in [0.5, 0.6) is 11.5 Å². The van der Waals surface area contributed by atoms with Gasteiger partial charge in [-0.15, -0.1) is 5.10 Å². The van der Waals surface area contributed by atoms with Crippen LogP contribution in [0.1, 0.15) is 0 Å². The first kappa shape index (κ1) is 14.1. The lowest BCUT2D eigenvalue weighted by atomic mass is 10.0. The van der Waals surface area contributed by atoms with E-state index >= 15 is 0 Å². The second kappa shape index (κ2) is 5.89. The molecule has 0 radical (unpaired) electrons. The van der Waals surface area contributed by atoms with E-state index in [4.69, 9.17) is 9.47 Å². The van der Waals surface area contributed by atoms with Gasteiger partial charge in [-0.05, 0) is 17.7 Å². The van der Waals surface area contributed by atoms with Crippen molar-refractivity contribution in [2.45, 2.75) is 0 Å². The van der Waals surface area contributed by atoms with Crippen LogP contribution in [0.3, 0.4) is 0 Å². The average molecular weight is 295 g/mol. The monoisotopic (exact) mass is 295 g/mol. The van der Waals surface area contributed by atoms with E-state index in [1.807, 2.05) is 25.2 Å². The summed E-state index contributed by atoms with van der Waals surface area (Å²) in [4.78, 5) is 0. The Morgan fingerprint density at radius 2 is 1.64 bits per heavy atom. The van der Waals surface area contributed by atoms with Crippen molar-refractivity contribution in [2.75, 3.05) is 14.2 Å². The molecule has 112 valence electrons. The predicted octanol–water partition coefficient (Wildman–Crippen LogP) is 3.17. The summed E-state index contributed by atoms with van der Waals surface area (Å²) in [5.41, 5.74) is 4.16. The third-order valence-electron chi connectivity index (χ3n) is 3.61. The molecule has 0 aliphatic heterocycles. The van der Waals surface area contributed by atoms with Gasteiger partial charge in [-0.1, -0.05) is 29.5 Å². The molecule has 3 rings (SSSR count). The summed E-state index contributed by atoms with van der Waals surface area (Å²) in [5, 5.41) is 7.86. The Bertz CT molecular complexity index is 779. The largest absolute Gasteiger partial charge is 0.497 e. The van der Waals surface area contributed by atoms with Crippen LogP contribution in [0.4, 0.5) is 0 Å². The highest BCUT2D eigenvalue weighted by atomic mass is 16.5. The van der Waals surface area contributed by atoms with E-state index in [0.717, 1.165) is 33.9 Å². The van der Waals surface area contributed by atoms with Gasteiger partial charge >= 0.3 is 0 Å². The van der Waals surface area contributed by atoms with Gasteiger partial charge in [0.05, 0.1) is 26.1 Å². The second-order valence-corrected chi connectivity index (χ2v) is 4.89. The van der Waals surface area contributed by atoms with Gasteiger partial charge in [0.1, 0.15) is 11.5 Å². The summed E-state index contributed by atoms with van der Waals surface area (Å²) in [5.74, 6) is 1.56. The van der Waals surface area contributed by atoms with E-state index in [1.54, 1.807) is 25.1 Å². The van der Waals surface area contributed by atoms with Crippen LogP contribution in [-0.4, -0.2) is 29.2 Å². The van der Waals surface area contributed by atoms with Gasteiger partial charge in [0, 0.05) is 24.2 Å². The number of aryl methyl sites for hydroxylation is 1. The van der Waals surface area contributed by atoms with Crippen LogP contribution in [0, 0.1) is 0 Å². The van der Waals surface area contributed by atoms with Crippen molar-refractivity contribution in [1.82, 2.24) is 15.0 Å². The fraction of sp³-hybridized carbons (Fsp3) is 0.176. The number of rotatable bonds is 4. The summed E-state index contributed by atoms with van der Waals surface area (Å²) in [6.45, 7) is 0. The molecule has 1 aromatic heterocycles. The molecule has 0 saturated carbocycles. The summed E-state index contributed by atoms with van der Waals surface area (Å²) >= 11 is 0. The van der Waals surface area contributed by atoms with Gasteiger partial charge in [-0.3, -0.25) is 0 Å². The van der Waals surface area contributed by atoms with E-state index in [0.29, 0.717) is 0 Å². The van der Waals surface area contributed by atoms with Crippen molar-refractivity contribution < 1.29 is 9.47 Å². The van der Waals surface area contributed by atoms with Crippen molar-refractivity contribution in [3.63, 3.8) is 0 Å². The Labute approximate surface area is 129 Å². The molecule has 0 atom stereocenters. The molecule has 0 amide bonds. The number of benzene rings is 2. The summed E-state index contributed by atoms with van der Waals surface area (Å²) in [6, 6.07) is 14.0. The first-order valence-electron chi connectivity index (χ1n) is 6.90. The number of hydrogen-bond donors (Lipinski definition) is 0. The Hall–Kier alpha value is -2.82. The van der Waals surface area contributed by atoms with Crippen molar-refractivity contribution in [1.29, 1.82) is 0 Å². The van der Waals surface area contributed by atoms with Crippen LogP contribution in [0.2, 0.25) is 0 Å². The highest BCUT2D eigenvalue weighted by Gasteiger charge is 2.09. The maximum absolute atomic E-state index is 5.46. The summed E-state index contributed by atoms with van der Waals surface area (Å²) in [6.07, 6.45) is 1.75. The quantitative estimate of drug-likeness (QED) is 0.742. The van der Waals surface area contributed by atoms with Gasteiger partial charge in [-0.2, -0.15) is 0 Å². The molecular formula is C17H17N3O2. The second-order valence-electron chi connectivity index (χ2n) is 4.89. The maximum atomic E-state index is 5.46. The fourth-order valence-corrected chi connectivity index (χ4v) is 2.41. The lowest BCUT2D eigenvalue weighted by Gasteiger charge is -2.11. The molecule has 0 spiro atoms. The highest BCUT2D eigenvalue weighted by molar-refractivity contribution is 5.74. The van der Waals surface area contributed by atoms with Gasteiger partial charge in [0.2, 0.25) is 0 Å². The zero-order chi connectivity index (χ0) is 15.5. The molecule has 0 bridgehead atoms. The maximum Gasteiger partial charge on any atom is 0.130 e. The summed E-state index contributed by atoms with van der Waals surface area (Å²) < 4.78 is 12.4. The zero-order valence-electron chi connectivity index (χ0n) is 12.8. The minimum Gasteiger partial charge on any atom is -0.497 e. The highest BCUT2D eigenvalue weighted by Crippen LogP contribution is 2.34. The van der Waals surface area contributed by atoms with Crippen molar-refractivity contribution in [2.24, 2.45) is 7.05 Å². The van der Waals surface area contributed by atoms with Crippen molar-refractivity contribution in [3.05, 3.63) is 48.7 Å². The molecular weight excluding hydrogens is 278 g/mol. The molecule has 0 aliphatic carbocycles. The van der Waals surface area contributed by atoms with E-state index in [-0.39, 0.29) is 0 Å². The summed E-state index contributed by atoms with van der Waals surface area (Å²) in [7, 11) is 5.18. The van der Waals surface area contributed by atoms with Crippen LogP contribution in [-0.2, 0) is 7.05 Å².